The summed E-state index contributed by atoms with van der Waals surface area (Å²) in [5.74, 6) is -1.34. The van der Waals surface area contributed by atoms with E-state index < -0.39 is 41.1 Å². The van der Waals surface area contributed by atoms with Crippen LogP contribution in [0.15, 0.2) is 24.3 Å². The molecule has 2 aromatic rings. The lowest BCUT2D eigenvalue weighted by molar-refractivity contribution is 0.121. The highest BCUT2D eigenvalue weighted by atomic mass is 19.2. The summed E-state index contributed by atoms with van der Waals surface area (Å²) >= 11 is 0. The van der Waals surface area contributed by atoms with E-state index in [-0.39, 0.29) is 11.3 Å². The largest absolute Gasteiger partial charge is 0.493 e. The van der Waals surface area contributed by atoms with Gasteiger partial charge in [-0.1, -0.05) is 39.0 Å². The van der Waals surface area contributed by atoms with Crippen LogP contribution in [0.4, 0.5) is 22.0 Å². The molecule has 0 spiro atoms. The van der Waals surface area contributed by atoms with Crippen LogP contribution in [0.2, 0.25) is 0 Å². The summed E-state index contributed by atoms with van der Waals surface area (Å²) in [5.41, 5.74) is -1.63. The van der Waals surface area contributed by atoms with Gasteiger partial charge >= 0.3 is 0 Å². The Hall–Kier alpha value is -2.11. The topological polar surface area (TPSA) is 9.23 Å². The van der Waals surface area contributed by atoms with Gasteiger partial charge in [0.1, 0.15) is 35.7 Å². The van der Waals surface area contributed by atoms with Crippen LogP contribution < -0.4 is 4.74 Å². The monoisotopic (exact) mass is 508 g/mol. The van der Waals surface area contributed by atoms with Crippen LogP contribution in [0.1, 0.15) is 83.1 Å². The van der Waals surface area contributed by atoms with Crippen LogP contribution in [-0.4, -0.2) is 6.61 Å². The number of hydrogen-bond donors (Lipinski definition) is 0. The lowest BCUT2D eigenvalue weighted by Gasteiger charge is -2.38. The van der Waals surface area contributed by atoms with Crippen molar-refractivity contribution in [3.63, 3.8) is 0 Å². The van der Waals surface area contributed by atoms with E-state index >= 15 is 0 Å². The molecule has 0 N–H and O–H groups in total. The van der Waals surface area contributed by atoms with Gasteiger partial charge in [-0.05, 0) is 79.9 Å². The van der Waals surface area contributed by atoms with Gasteiger partial charge in [0.15, 0.2) is 0 Å². The van der Waals surface area contributed by atoms with Crippen molar-refractivity contribution in [1.29, 1.82) is 0 Å². The maximum absolute atomic E-state index is 14.7. The third-order valence-corrected chi connectivity index (χ3v) is 8.48. The van der Waals surface area contributed by atoms with Crippen molar-refractivity contribution in [3.05, 3.63) is 53.1 Å². The molecule has 1 nitrogen and oxygen atoms in total. The van der Waals surface area contributed by atoms with Crippen molar-refractivity contribution < 1.29 is 26.7 Å². The number of alkyl halides is 1. The summed E-state index contributed by atoms with van der Waals surface area (Å²) in [6.45, 7) is 1.32. The minimum absolute atomic E-state index is 0.0580. The van der Waals surface area contributed by atoms with Crippen LogP contribution in [0.3, 0.4) is 0 Å². The Morgan fingerprint density at radius 1 is 0.722 bits per heavy atom. The first-order valence-electron chi connectivity index (χ1n) is 13.6. The molecule has 2 fully saturated rings. The highest BCUT2D eigenvalue weighted by Crippen LogP contribution is 2.42. The molecular weight excluding hydrogens is 471 g/mol. The molecule has 0 radical (unpaired) electrons. The average Bonchev–Trinajstić information content (AvgIpc) is 2.86. The molecule has 2 saturated carbocycles. The van der Waals surface area contributed by atoms with E-state index in [4.69, 9.17) is 4.74 Å². The molecule has 4 rings (SSSR count). The maximum atomic E-state index is 14.7. The van der Waals surface area contributed by atoms with Crippen molar-refractivity contribution in [2.24, 2.45) is 23.7 Å². The summed E-state index contributed by atoms with van der Waals surface area (Å²) < 4.78 is 75.8. The van der Waals surface area contributed by atoms with Gasteiger partial charge in [-0.3, -0.25) is 0 Å². The van der Waals surface area contributed by atoms with E-state index in [1.807, 2.05) is 0 Å². The van der Waals surface area contributed by atoms with Gasteiger partial charge in [0.25, 0.3) is 0 Å². The van der Waals surface area contributed by atoms with Gasteiger partial charge in [-0.2, -0.15) is 0 Å². The molecule has 2 aromatic carbocycles. The van der Waals surface area contributed by atoms with Gasteiger partial charge in [-0.15, -0.1) is 0 Å². The predicted molar refractivity (Wildman–Crippen MR) is 132 cm³/mol. The number of hydrogen-bond acceptors (Lipinski definition) is 1. The van der Waals surface area contributed by atoms with Crippen LogP contribution in [0, 0.1) is 46.9 Å². The predicted octanol–water partition coefficient (Wildman–Crippen LogP) is 9.56. The molecule has 0 aromatic heterocycles. The molecule has 0 amide bonds. The zero-order valence-corrected chi connectivity index (χ0v) is 21.1. The number of ether oxygens (including phenoxy) is 1. The lowest BCUT2D eigenvalue weighted by atomic mass is 9.69. The van der Waals surface area contributed by atoms with Crippen molar-refractivity contribution in [2.45, 2.75) is 84.2 Å². The zero-order chi connectivity index (χ0) is 25.7. The van der Waals surface area contributed by atoms with Gasteiger partial charge in [0.05, 0.1) is 17.7 Å². The van der Waals surface area contributed by atoms with Crippen LogP contribution in [-0.2, 0) is 6.67 Å². The summed E-state index contributed by atoms with van der Waals surface area (Å²) in [7, 11) is 0. The highest BCUT2D eigenvalue weighted by Gasteiger charge is 2.31. The molecule has 6 heteroatoms. The van der Waals surface area contributed by atoms with Crippen LogP contribution in [0.25, 0.3) is 11.1 Å². The molecule has 198 valence electrons. The molecule has 0 atom stereocenters. The van der Waals surface area contributed by atoms with Crippen molar-refractivity contribution in [3.8, 4) is 16.9 Å². The molecule has 0 bridgehead atoms. The molecule has 2 aliphatic rings. The zero-order valence-electron chi connectivity index (χ0n) is 21.1. The molecule has 0 unspecified atom stereocenters. The quantitative estimate of drug-likeness (QED) is 0.307. The number of benzene rings is 2. The smallest absolute Gasteiger partial charge is 0.137 e. The fourth-order valence-corrected chi connectivity index (χ4v) is 6.27. The second-order valence-corrected chi connectivity index (χ2v) is 10.8. The Morgan fingerprint density at radius 3 is 1.75 bits per heavy atom. The fourth-order valence-electron chi connectivity index (χ4n) is 6.27. The molecule has 0 heterocycles. The highest BCUT2D eigenvalue weighted by molar-refractivity contribution is 5.66. The second kappa shape index (κ2) is 12.4. The van der Waals surface area contributed by atoms with Crippen molar-refractivity contribution in [2.75, 3.05) is 6.61 Å². The van der Waals surface area contributed by atoms with E-state index in [0.717, 1.165) is 54.9 Å². The Labute approximate surface area is 211 Å². The average molecular weight is 509 g/mol. The first-order valence-corrected chi connectivity index (χ1v) is 13.6. The SMILES string of the molecule is CCCCC1CCC(C2CCC(COc3cc(F)c(-c4cc(F)c(CF)c(F)c4)c(F)c3)CC2)CC1. The van der Waals surface area contributed by atoms with Gasteiger partial charge in [0, 0.05) is 12.1 Å². The van der Waals surface area contributed by atoms with Crippen molar-refractivity contribution in [1.82, 2.24) is 0 Å². The second-order valence-electron chi connectivity index (χ2n) is 10.8. The Bertz CT molecular complexity index is 960. The molecule has 36 heavy (non-hydrogen) atoms. The van der Waals surface area contributed by atoms with Gasteiger partial charge < -0.3 is 4.74 Å². The first kappa shape index (κ1) is 26.9. The van der Waals surface area contributed by atoms with E-state index in [0.29, 0.717) is 12.5 Å². The van der Waals surface area contributed by atoms with E-state index in [2.05, 4.69) is 6.92 Å². The molecular formula is C30H37F5O. The summed E-state index contributed by atoms with van der Waals surface area (Å²) in [4.78, 5) is 0. The lowest BCUT2D eigenvalue weighted by Crippen LogP contribution is -2.27. The van der Waals surface area contributed by atoms with E-state index in [1.54, 1.807) is 0 Å². The Kier molecular flexibility index (Phi) is 9.30. The third kappa shape index (κ3) is 6.41. The number of rotatable bonds is 9. The van der Waals surface area contributed by atoms with E-state index in [1.165, 1.54) is 57.8 Å². The fraction of sp³-hybridized carbons (Fsp3) is 0.600. The molecule has 0 aliphatic heterocycles. The number of halogens is 5. The minimum Gasteiger partial charge on any atom is -0.493 e. The summed E-state index contributed by atoms with van der Waals surface area (Å²) in [6.07, 6.45) is 14.0. The van der Waals surface area contributed by atoms with Crippen LogP contribution >= 0.6 is 0 Å². The molecule has 0 saturated heterocycles. The minimum atomic E-state index is -1.34. The summed E-state index contributed by atoms with van der Waals surface area (Å²) in [6, 6.07) is 3.58. The van der Waals surface area contributed by atoms with Crippen molar-refractivity contribution >= 4 is 0 Å². The Morgan fingerprint density at radius 2 is 1.25 bits per heavy atom. The first-order chi connectivity index (χ1) is 17.4. The van der Waals surface area contributed by atoms with Gasteiger partial charge in [0.2, 0.25) is 0 Å². The van der Waals surface area contributed by atoms with Gasteiger partial charge in [-0.25, -0.2) is 22.0 Å². The normalized spacial score (nSPS) is 24.6. The standard InChI is InChI=1S/C30H37F5O/c1-2-3-4-19-5-9-21(10-6-19)22-11-7-20(8-12-22)18-36-24-15-28(34)30(29(35)16-24)23-13-26(32)25(17-31)27(33)14-23/h13-16,19-22H,2-12,17-18H2,1H3. The Balaban J connectivity index is 1.29. The third-order valence-electron chi connectivity index (χ3n) is 8.48. The van der Waals surface area contributed by atoms with Crippen LogP contribution in [0.5, 0.6) is 5.75 Å². The molecule has 2 aliphatic carbocycles. The maximum Gasteiger partial charge on any atom is 0.137 e. The number of unbranched alkanes of at least 4 members (excludes halogenated alkanes) is 1. The summed E-state index contributed by atoms with van der Waals surface area (Å²) in [5, 5.41) is 0. The van der Waals surface area contributed by atoms with E-state index in [9.17, 15) is 22.0 Å².